The molecule has 0 spiro atoms. The van der Waals surface area contributed by atoms with E-state index in [1.807, 2.05) is 41.8 Å². The number of nitrogens with one attached hydrogen (secondary N) is 1. The molecule has 0 saturated carbocycles. The Balaban J connectivity index is 1.33. The number of carbonyl (C=O) groups is 2. The monoisotopic (exact) mass is 401 g/mol. The topological polar surface area (TPSA) is 71.1 Å². The molecule has 0 unspecified atom stereocenters. The Labute approximate surface area is 172 Å². The van der Waals surface area contributed by atoms with Gasteiger partial charge in [0.15, 0.2) is 0 Å². The summed E-state index contributed by atoms with van der Waals surface area (Å²) < 4.78 is 11.5. The second-order valence-corrected chi connectivity index (χ2v) is 8.43. The van der Waals surface area contributed by atoms with Crippen LogP contribution in [-0.4, -0.2) is 61.8 Å². The highest BCUT2D eigenvalue weighted by molar-refractivity contribution is 5.94. The lowest BCUT2D eigenvalue weighted by Crippen LogP contribution is -2.52. The van der Waals surface area contributed by atoms with Crippen LogP contribution in [0.1, 0.15) is 38.2 Å². The lowest BCUT2D eigenvalue weighted by molar-refractivity contribution is -0.126. The molecule has 7 nitrogen and oxygen atoms in total. The molecule has 158 valence electrons. The third-order valence-corrected chi connectivity index (χ3v) is 6.07. The molecule has 3 amide bonds. The summed E-state index contributed by atoms with van der Waals surface area (Å²) in [6.45, 7) is 7.13. The number of likely N-dealkylation sites (tertiary alicyclic amines) is 1. The highest BCUT2D eigenvalue weighted by atomic mass is 16.5. The number of ether oxygens (including phenoxy) is 2. The van der Waals surface area contributed by atoms with Crippen molar-refractivity contribution in [2.75, 3.05) is 37.7 Å². The zero-order valence-corrected chi connectivity index (χ0v) is 17.4. The fraction of sp³-hybridized carbons (Fsp3) is 0.636. The van der Waals surface area contributed by atoms with E-state index < -0.39 is 0 Å². The van der Waals surface area contributed by atoms with Crippen molar-refractivity contribution in [3.05, 3.63) is 23.8 Å². The van der Waals surface area contributed by atoms with Crippen molar-refractivity contribution in [3.8, 4) is 5.75 Å². The van der Waals surface area contributed by atoms with Crippen LogP contribution in [0.2, 0.25) is 0 Å². The van der Waals surface area contributed by atoms with Crippen LogP contribution in [0.3, 0.4) is 0 Å². The Morgan fingerprint density at radius 3 is 2.72 bits per heavy atom. The van der Waals surface area contributed by atoms with Gasteiger partial charge in [-0.05, 0) is 57.2 Å². The second kappa shape index (κ2) is 8.61. The van der Waals surface area contributed by atoms with Crippen LogP contribution in [-0.2, 0) is 9.53 Å². The quantitative estimate of drug-likeness (QED) is 0.845. The van der Waals surface area contributed by atoms with Crippen molar-refractivity contribution < 1.29 is 19.1 Å². The molecule has 2 atom stereocenters. The van der Waals surface area contributed by atoms with Gasteiger partial charge >= 0.3 is 6.03 Å². The van der Waals surface area contributed by atoms with Gasteiger partial charge in [0.25, 0.3) is 0 Å². The van der Waals surface area contributed by atoms with Crippen molar-refractivity contribution in [1.29, 1.82) is 0 Å². The third-order valence-electron chi connectivity index (χ3n) is 6.07. The van der Waals surface area contributed by atoms with Gasteiger partial charge in [-0.2, -0.15) is 0 Å². The van der Waals surface area contributed by atoms with Gasteiger partial charge in [-0.1, -0.05) is 6.07 Å². The van der Waals surface area contributed by atoms with Crippen LogP contribution in [0.5, 0.6) is 5.75 Å². The molecule has 2 fully saturated rings. The van der Waals surface area contributed by atoms with E-state index in [0.717, 1.165) is 36.4 Å². The Morgan fingerprint density at radius 2 is 2.00 bits per heavy atom. The van der Waals surface area contributed by atoms with Crippen molar-refractivity contribution >= 4 is 17.6 Å². The first kappa shape index (κ1) is 20.0. The van der Waals surface area contributed by atoms with E-state index in [1.165, 1.54) is 0 Å². The number of amides is 3. The van der Waals surface area contributed by atoms with Crippen LogP contribution in [0.25, 0.3) is 0 Å². The third kappa shape index (κ3) is 4.50. The zero-order valence-electron chi connectivity index (χ0n) is 17.4. The van der Waals surface area contributed by atoms with E-state index in [9.17, 15) is 9.59 Å². The lowest BCUT2D eigenvalue weighted by atomic mass is 9.96. The lowest BCUT2D eigenvalue weighted by Gasteiger charge is -2.39. The number of nitrogens with zero attached hydrogens (tertiary/aromatic N) is 2. The van der Waals surface area contributed by atoms with Gasteiger partial charge in [0, 0.05) is 32.2 Å². The molecule has 3 heterocycles. The number of rotatable bonds is 3. The largest absolute Gasteiger partial charge is 0.487 e. The van der Waals surface area contributed by atoms with E-state index in [2.05, 4.69) is 5.32 Å². The van der Waals surface area contributed by atoms with Gasteiger partial charge in [0.05, 0.1) is 18.3 Å². The Morgan fingerprint density at radius 1 is 1.21 bits per heavy atom. The number of hydrogen-bond donors (Lipinski definition) is 1. The van der Waals surface area contributed by atoms with Crippen molar-refractivity contribution in [3.63, 3.8) is 0 Å². The summed E-state index contributed by atoms with van der Waals surface area (Å²) in [7, 11) is 0. The molecule has 1 aromatic carbocycles. The standard InChI is InChI=1S/C22H31N3O4/c1-15-5-6-20-19(12-15)25(14-16(2)29-20)22(27)24-9-7-17(8-10-24)21(26)23-13-18-4-3-11-28-18/h5-6,12,16-18H,3-4,7-11,13-14H2,1-2H3,(H,23,26)/t16-,18+/m1/s1. The van der Waals surface area contributed by atoms with Crippen molar-refractivity contribution in [2.45, 2.75) is 51.7 Å². The smallest absolute Gasteiger partial charge is 0.324 e. The fourth-order valence-corrected chi connectivity index (χ4v) is 4.40. The van der Waals surface area contributed by atoms with E-state index in [1.54, 1.807) is 0 Å². The molecular weight excluding hydrogens is 370 g/mol. The van der Waals surface area contributed by atoms with E-state index in [-0.39, 0.29) is 30.1 Å². The average molecular weight is 402 g/mol. The molecule has 3 aliphatic rings. The molecule has 0 bridgehead atoms. The van der Waals surface area contributed by atoms with Gasteiger partial charge in [-0.15, -0.1) is 0 Å². The van der Waals surface area contributed by atoms with Gasteiger partial charge in [-0.25, -0.2) is 4.79 Å². The Kier molecular flexibility index (Phi) is 5.94. The fourth-order valence-electron chi connectivity index (χ4n) is 4.40. The molecule has 2 saturated heterocycles. The minimum absolute atomic E-state index is 0.00483. The van der Waals surface area contributed by atoms with Crippen LogP contribution in [0, 0.1) is 12.8 Å². The highest BCUT2D eigenvalue weighted by Crippen LogP contribution is 2.35. The normalized spacial score (nSPS) is 24.8. The maximum absolute atomic E-state index is 13.2. The second-order valence-electron chi connectivity index (χ2n) is 8.43. The number of hydrogen-bond acceptors (Lipinski definition) is 4. The van der Waals surface area contributed by atoms with Crippen molar-refractivity contribution in [2.24, 2.45) is 5.92 Å². The molecule has 1 aromatic rings. The minimum Gasteiger partial charge on any atom is -0.487 e. The molecule has 3 aliphatic heterocycles. The molecule has 29 heavy (non-hydrogen) atoms. The van der Waals surface area contributed by atoms with E-state index >= 15 is 0 Å². The van der Waals surface area contributed by atoms with Gasteiger partial charge in [0.1, 0.15) is 11.9 Å². The minimum atomic E-state index is -0.0460. The highest BCUT2D eigenvalue weighted by Gasteiger charge is 2.34. The first-order valence-electron chi connectivity index (χ1n) is 10.7. The summed E-state index contributed by atoms with van der Waals surface area (Å²) in [6.07, 6.45) is 3.60. The number of aryl methyl sites for hydroxylation is 1. The van der Waals surface area contributed by atoms with Crippen LogP contribution in [0.4, 0.5) is 10.5 Å². The maximum Gasteiger partial charge on any atom is 0.324 e. The van der Waals surface area contributed by atoms with Crippen LogP contribution in [0.15, 0.2) is 18.2 Å². The summed E-state index contributed by atoms with van der Waals surface area (Å²) in [5.74, 6) is 0.818. The van der Waals surface area contributed by atoms with E-state index in [0.29, 0.717) is 39.0 Å². The number of carbonyl (C=O) groups excluding carboxylic acids is 2. The predicted octanol–water partition coefficient (Wildman–Crippen LogP) is 2.71. The van der Waals surface area contributed by atoms with Crippen LogP contribution >= 0.6 is 0 Å². The van der Waals surface area contributed by atoms with E-state index in [4.69, 9.17) is 9.47 Å². The van der Waals surface area contributed by atoms with Gasteiger partial charge in [-0.3, -0.25) is 9.69 Å². The number of urea groups is 1. The summed E-state index contributed by atoms with van der Waals surface area (Å²) in [5.41, 5.74) is 1.94. The summed E-state index contributed by atoms with van der Waals surface area (Å²) in [5, 5.41) is 3.03. The molecular formula is C22H31N3O4. The summed E-state index contributed by atoms with van der Waals surface area (Å²) >= 11 is 0. The average Bonchev–Trinajstić information content (AvgIpc) is 3.25. The summed E-state index contributed by atoms with van der Waals surface area (Å²) in [6, 6.07) is 5.95. The SMILES string of the molecule is Cc1ccc2c(c1)N(C(=O)N1CCC(C(=O)NC[C@@H]3CCCO3)CC1)C[C@@H](C)O2. The Bertz CT molecular complexity index is 754. The maximum atomic E-state index is 13.2. The first-order valence-corrected chi connectivity index (χ1v) is 10.7. The van der Waals surface area contributed by atoms with Gasteiger partial charge < -0.3 is 19.7 Å². The van der Waals surface area contributed by atoms with Crippen molar-refractivity contribution in [1.82, 2.24) is 10.2 Å². The number of piperidine rings is 1. The number of benzene rings is 1. The zero-order chi connectivity index (χ0) is 20.4. The first-order chi connectivity index (χ1) is 14.0. The molecule has 0 radical (unpaired) electrons. The molecule has 7 heteroatoms. The molecule has 1 N–H and O–H groups in total. The number of anilines is 1. The number of fused-ring (bicyclic) bond motifs is 1. The predicted molar refractivity (Wildman–Crippen MR) is 110 cm³/mol. The van der Waals surface area contributed by atoms with Crippen LogP contribution < -0.4 is 15.0 Å². The molecule has 4 rings (SSSR count). The summed E-state index contributed by atoms with van der Waals surface area (Å²) in [4.78, 5) is 29.4. The Hall–Kier alpha value is -2.28. The molecule has 0 aliphatic carbocycles. The molecule has 0 aromatic heterocycles. The van der Waals surface area contributed by atoms with Gasteiger partial charge in [0.2, 0.25) is 5.91 Å².